The topological polar surface area (TPSA) is 75.6 Å². The van der Waals surface area contributed by atoms with Crippen LogP contribution in [0, 0.1) is 0 Å². The largest absolute Gasteiger partial charge is 0.379 e. The Bertz CT molecular complexity index is 358. The summed E-state index contributed by atoms with van der Waals surface area (Å²) in [5.74, 6) is 0. The van der Waals surface area contributed by atoms with Crippen LogP contribution in [0.25, 0.3) is 0 Å². The number of pyridine rings is 1. The second kappa shape index (κ2) is 11.6. The van der Waals surface area contributed by atoms with Crippen molar-refractivity contribution >= 4 is 0 Å². The van der Waals surface area contributed by atoms with E-state index in [-0.39, 0.29) is 0 Å². The average molecular weight is 297 g/mol. The Balaban J connectivity index is 2.12. The molecule has 0 aliphatic carbocycles. The molecule has 1 unspecified atom stereocenters. The summed E-state index contributed by atoms with van der Waals surface area (Å²) in [7, 11) is 0. The number of hydrogen-bond donors (Lipinski definition) is 3. The van der Waals surface area contributed by atoms with Crippen molar-refractivity contribution in [2.45, 2.75) is 33.3 Å². The predicted octanol–water partition coefficient (Wildman–Crippen LogP) is 0.652. The normalized spacial score (nSPS) is 12.5. The molecular weight excluding hydrogens is 270 g/mol. The maximum absolute atomic E-state index is 9.02. The molecule has 6 nitrogen and oxygen atoms in total. The zero-order valence-corrected chi connectivity index (χ0v) is 13.0. The van der Waals surface area contributed by atoms with Crippen molar-refractivity contribution in [3.63, 3.8) is 0 Å². The van der Waals surface area contributed by atoms with Gasteiger partial charge in [0.15, 0.2) is 0 Å². The van der Waals surface area contributed by atoms with Crippen LogP contribution in [-0.2, 0) is 22.7 Å². The van der Waals surface area contributed by atoms with E-state index in [4.69, 9.17) is 14.6 Å². The first kappa shape index (κ1) is 18.0. The van der Waals surface area contributed by atoms with Gasteiger partial charge in [0.2, 0.25) is 0 Å². The lowest BCUT2D eigenvalue weighted by molar-refractivity contribution is 0.0967. The van der Waals surface area contributed by atoms with Crippen LogP contribution in [-0.4, -0.2) is 49.2 Å². The Hall–Kier alpha value is -1.05. The van der Waals surface area contributed by atoms with E-state index in [0.717, 1.165) is 24.3 Å². The van der Waals surface area contributed by atoms with Crippen LogP contribution in [0.4, 0.5) is 0 Å². The smallest absolute Gasteiger partial charge is 0.102 e. The molecule has 6 heteroatoms. The summed E-state index contributed by atoms with van der Waals surface area (Å²) >= 11 is 0. The van der Waals surface area contributed by atoms with Gasteiger partial charge >= 0.3 is 0 Å². The van der Waals surface area contributed by atoms with Crippen LogP contribution < -0.4 is 10.6 Å². The monoisotopic (exact) mass is 297 g/mol. The van der Waals surface area contributed by atoms with Gasteiger partial charge in [0.25, 0.3) is 0 Å². The zero-order valence-electron chi connectivity index (χ0n) is 13.0. The highest BCUT2D eigenvalue weighted by atomic mass is 16.5. The van der Waals surface area contributed by atoms with Crippen molar-refractivity contribution in [3.05, 3.63) is 29.6 Å². The van der Waals surface area contributed by atoms with Crippen molar-refractivity contribution in [2.24, 2.45) is 0 Å². The molecule has 120 valence electrons. The first-order chi connectivity index (χ1) is 10.2. The number of nitrogens with zero attached hydrogens (tertiary/aromatic N) is 1. The van der Waals surface area contributed by atoms with E-state index in [9.17, 15) is 0 Å². The molecule has 0 aliphatic heterocycles. The van der Waals surface area contributed by atoms with Gasteiger partial charge in [-0.2, -0.15) is 0 Å². The first-order valence-electron chi connectivity index (χ1n) is 7.43. The Morgan fingerprint density at radius 3 is 2.62 bits per heavy atom. The lowest BCUT2D eigenvalue weighted by Gasteiger charge is -2.08. The molecule has 0 amide bonds. The highest BCUT2D eigenvalue weighted by Gasteiger charge is 1.98. The molecule has 0 saturated heterocycles. The van der Waals surface area contributed by atoms with Gasteiger partial charge in [0.05, 0.1) is 32.1 Å². The molecule has 1 aromatic heterocycles. The minimum atomic E-state index is -0.501. The van der Waals surface area contributed by atoms with Gasteiger partial charge in [0.1, 0.15) is 6.23 Å². The lowest BCUT2D eigenvalue weighted by Crippen LogP contribution is -2.28. The number of aliphatic hydroxyl groups excluding tert-OH is 1. The molecule has 0 radical (unpaired) electrons. The quantitative estimate of drug-likeness (QED) is 0.388. The second-order valence-electron chi connectivity index (χ2n) is 4.75. The molecule has 0 fully saturated rings. The van der Waals surface area contributed by atoms with E-state index >= 15 is 0 Å². The zero-order chi connectivity index (χ0) is 15.3. The fraction of sp³-hybridized carbons (Fsp3) is 0.667. The molecule has 21 heavy (non-hydrogen) atoms. The molecule has 0 aromatic carbocycles. The van der Waals surface area contributed by atoms with Crippen LogP contribution in [0.3, 0.4) is 0 Å². The maximum Gasteiger partial charge on any atom is 0.102 e. The summed E-state index contributed by atoms with van der Waals surface area (Å²) in [6.45, 7) is 8.52. The summed E-state index contributed by atoms with van der Waals surface area (Å²) in [6.07, 6.45) is 1.32. The Kier molecular flexibility index (Phi) is 9.94. The first-order valence-corrected chi connectivity index (χ1v) is 7.43. The summed E-state index contributed by atoms with van der Waals surface area (Å²) < 4.78 is 11.0. The Morgan fingerprint density at radius 1 is 1.19 bits per heavy atom. The van der Waals surface area contributed by atoms with Crippen molar-refractivity contribution in [2.75, 3.05) is 32.8 Å². The standard InChI is InChI=1S/C15H27N3O3/c1-3-16-6-8-20-11-14-4-5-15(18-10-14)12-21-9-7-17-13(2)19/h4-5,10,13,16-17,19H,3,6-9,11-12H2,1-2H3. The predicted molar refractivity (Wildman–Crippen MR) is 81.8 cm³/mol. The highest BCUT2D eigenvalue weighted by molar-refractivity contribution is 5.12. The van der Waals surface area contributed by atoms with Crippen LogP contribution >= 0.6 is 0 Å². The lowest BCUT2D eigenvalue weighted by atomic mass is 10.2. The van der Waals surface area contributed by atoms with Crippen molar-refractivity contribution < 1.29 is 14.6 Å². The molecule has 3 N–H and O–H groups in total. The van der Waals surface area contributed by atoms with Gasteiger partial charge < -0.3 is 19.9 Å². The average Bonchev–Trinajstić information content (AvgIpc) is 2.48. The second-order valence-corrected chi connectivity index (χ2v) is 4.75. The third-order valence-electron chi connectivity index (χ3n) is 2.76. The fourth-order valence-corrected chi connectivity index (χ4v) is 1.65. The van der Waals surface area contributed by atoms with Crippen LogP contribution in [0.15, 0.2) is 18.3 Å². The summed E-state index contributed by atoms with van der Waals surface area (Å²) in [5, 5.41) is 15.1. The molecule has 0 bridgehead atoms. The Labute approximate surface area is 126 Å². The third-order valence-corrected chi connectivity index (χ3v) is 2.76. The van der Waals surface area contributed by atoms with Gasteiger partial charge in [-0.15, -0.1) is 0 Å². The molecular formula is C15H27N3O3. The summed E-state index contributed by atoms with van der Waals surface area (Å²) in [6, 6.07) is 3.96. The molecule has 1 atom stereocenters. The number of ether oxygens (including phenoxy) is 2. The van der Waals surface area contributed by atoms with Crippen molar-refractivity contribution in [3.8, 4) is 0 Å². The van der Waals surface area contributed by atoms with E-state index in [1.807, 2.05) is 18.3 Å². The van der Waals surface area contributed by atoms with E-state index in [1.54, 1.807) is 6.92 Å². The van der Waals surface area contributed by atoms with Crippen LogP contribution in [0.1, 0.15) is 25.1 Å². The fourth-order valence-electron chi connectivity index (χ4n) is 1.65. The van der Waals surface area contributed by atoms with Gasteiger partial charge in [-0.1, -0.05) is 13.0 Å². The van der Waals surface area contributed by atoms with E-state index in [2.05, 4.69) is 22.5 Å². The van der Waals surface area contributed by atoms with Crippen LogP contribution in [0.2, 0.25) is 0 Å². The third kappa shape index (κ3) is 9.49. The number of hydrogen-bond acceptors (Lipinski definition) is 6. The number of aromatic nitrogens is 1. The Morgan fingerprint density at radius 2 is 1.95 bits per heavy atom. The SMILES string of the molecule is CCNCCOCc1ccc(COCCNC(C)O)nc1. The molecule has 0 aliphatic rings. The number of nitrogens with one attached hydrogen (secondary N) is 2. The molecule has 0 saturated carbocycles. The summed E-state index contributed by atoms with van der Waals surface area (Å²) in [5.41, 5.74) is 1.95. The molecule has 1 rings (SSSR count). The van der Waals surface area contributed by atoms with Gasteiger partial charge in [0, 0.05) is 19.3 Å². The molecule has 1 heterocycles. The van der Waals surface area contributed by atoms with Gasteiger partial charge in [-0.05, 0) is 25.1 Å². The molecule has 0 spiro atoms. The summed E-state index contributed by atoms with van der Waals surface area (Å²) in [4.78, 5) is 4.34. The molecule has 1 aromatic rings. The van der Waals surface area contributed by atoms with Gasteiger partial charge in [-0.25, -0.2) is 0 Å². The van der Waals surface area contributed by atoms with E-state index in [1.165, 1.54) is 0 Å². The number of aliphatic hydroxyl groups is 1. The number of likely N-dealkylation sites (N-methyl/N-ethyl adjacent to an activating group) is 1. The van der Waals surface area contributed by atoms with E-state index < -0.39 is 6.23 Å². The number of rotatable bonds is 12. The minimum Gasteiger partial charge on any atom is -0.379 e. The van der Waals surface area contributed by atoms with Crippen LogP contribution in [0.5, 0.6) is 0 Å². The van der Waals surface area contributed by atoms with E-state index in [0.29, 0.717) is 33.0 Å². The van der Waals surface area contributed by atoms with Crippen molar-refractivity contribution in [1.29, 1.82) is 0 Å². The maximum atomic E-state index is 9.02. The van der Waals surface area contributed by atoms with Gasteiger partial charge in [-0.3, -0.25) is 10.3 Å². The minimum absolute atomic E-state index is 0.475. The highest BCUT2D eigenvalue weighted by Crippen LogP contribution is 2.03. The van der Waals surface area contributed by atoms with Crippen molar-refractivity contribution in [1.82, 2.24) is 15.6 Å².